The van der Waals surface area contributed by atoms with E-state index in [-0.39, 0.29) is 5.92 Å². The Labute approximate surface area is 72.3 Å². The maximum Gasteiger partial charge on any atom is 0.256 e. The van der Waals surface area contributed by atoms with Gasteiger partial charge in [0, 0.05) is 0 Å². The third-order valence-corrected chi connectivity index (χ3v) is 3.07. The molecule has 2 atom stereocenters. The molecule has 1 fully saturated rings. The van der Waals surface area contributed by atoms with Crippen molar-refractivity contribution in [3.05, 3.63) is 0 Å². The molecule has 0 bridgehead atoms. The second kappa shape index (κ2) is 3.69. The molecule has 1 aliphatic carbocycles. The summed E-state index contributed by atoms with van der Waals surface area (Å²) in [6, 6.07) is 0. The molecular formula is C9H17F2N. The highest BCUT2D eigenvalue weighted by Crippen LogP contribution is 2.37. The van der Waals surface area contributed by atoms with Crippen LogP contribution < -0.4 is 5.73 Å². The molecule has 0 heterocycles. The molecule has 0 radical (unpaired) electrons. The van der Waals surface area contributed by atoms with Crippen molar-refractivity contribution in [1.82, 2.24) is 0 Å². The Balaban J connectivity index is 2.68. The van der Waals surface area contributed by atoms with Crippen molar-refractivity contribution < 1.29 is 8.78 Å². The number of nitrogens with two attached hydrogens (primary N) is 1. The minimum absolute atomic E-state index is 0.0197. The predicted molar refractivity (Wildman–Crippen MR) is 45.2 cm³/mol. The van der Waals surface area contributed by atoms with E-state index in [0.29, 0.717) is 6.42 Å². The fraction of sp³-hybridized carbons (Fsp3) is 1.00. The lowest BCUT2D eigenvalue weighted by molar-refractivity contribution is -0.00588. The summed E-state index contributed by atoms with van der Waals surface area (Å²) >= 11 is 0. The van der Waals surface area contributed by atoms with E-state index in [0.717, 1.165) is 25.7 Å². The standard InChI is InChI=1S/C9H17F2N/c1-2-7-5-3-4-6-9(7,12)8(10)11/h7-8H,2-6,12H2,1H3. The van der Waals surface area contributed by atoms with Crippen LogP contribution in [0.2, 0.25) is 0 Å². The van der Waals surface area contributed by atoms with Crippen LogP contribution in [-0.2, 0) is 0 Å². The highest BCUT2D eigenvalue weighted by atomic mass is 19.3. The average Bonchev–Trinajstić information content (AvgIpc) is 2.05. The van der Waals surface area contributed by atoms with Gasteiger partial charge < -0.3 is 5.73 Å². The highest BCUT2D eigenvalue weighted by Gasteiger charge is 2.43. The lowest BCUT2D eigenvalue weighted by Crippen LogP contribution is -2.54. The molecule has 1 aliphatic rings. The first-order chi connectivity index (χ1) is 5.61. The van der Waals surface area contributed by atoms with Crippen LogP contribution in [0.3, 0.4) is 0 Å². The molecule has 0 amide bonds. The van der Waals surface area contributed by atoms with Gasteiger partial charge in [0.15, 0.2) is 0 Å². The third kappa shape index (κ3) is 1.60. The van der Waals surface area contributed by atoms with Crippen molar-refractivity contribution in [2.24, 2.45) is 11.7 Å². The normalized spacial score (nSPS) is 37.2. The largest absolute Gasteiger partial charge is 0.320 e. The maximum atomic E-state index is 12.6. The Kier molecular flexibility index (Phi) is 3.04. The Morgan fingerprint density at radius 2 is 2.17 bits per heavy atom. The minimum Gasteiger partial charge on any atom is -0.320 e. The van der Waals surface area contributed by atoms with E-state index in [1.54, 1.807) is 0 Å². The molecular weight excluding hydrogens is 160 g/mol. The molecule has 3 heteroatoms. The molecule has 1 saturated carbocycles. The predicted octanol–water partition coefficient (Wildman–Crippen LogP) is 2.55. The molecule has 0 spiro atoms. The molecule has 0 saturated heterocycles. The van der Waals surface area contributed by atoms with Crippen LogP contribution in [0.5, 0.6) is 0 Å². The van der Waals surface area contributed by atoms with Crippen LogP contribution in [0.4, 0.5) is 8.78 Å². The molecule has 0 aromatic rings. The summed E-state index contributed by atoms with van der Waals surface area (Å²) in [5.74, 6) is 0.0197. The summed E-state index contributed by atoms with van der Waals surface area (Å²) in [6.45, 7) is 1.94. The zero-order chi connectivity index (χ0) is 9.19. The monoisotopic (exact) mass is 177 g/mol. The van der Waals surface area contributed by atoms with E-state index in [4.69, 9.17) is 5.73 Å². The van der Waals surface area contributed by atoms with Gasteiger partial charge in [-0.2, -0.15) is 0 Å². The van der Waals surface area contributed by atoms with Crippen molar-refractivity contribution in [2.45, 2.75) is 51.0 Å². The van der Waals surface area contributed by atoms with E-state index in [9.17, 15) is 8.78 Å². The van der Waals surface area contributed by atoms with Crippen LogP contribution in [-0.4, -0.2) is 12.0 Å². The molecule has 12 heavy (non-hydrogen) atoms. The summed E-state index contributed by atoms with van der Waals surface area (Å²) in [4.78, 5) is 0. The molecule has 2 N–H and O–H groups in total. The van der Waals surface area contributed by atoms with Gasteiger partial charge >= 0.3 is 0 Å². The van der Waals surface area contributed by atoms with Gasteiger partial charge in [0.05, 0.1) is 5.54 Å². The van der Waals surface area contributed by atoms with E-state index in [1.807, 2.05) is 6.92 Å². The van der Waals surface area contributed by atoms with Gasteiger partial charge in [0.1, 0.15) is 0 Å². The lowest BCUT2D eigenvalue weighted by Gasteiger charge is -2.40. The van der Waals surface area contributed by atoms with Crippen molar-refractivity contribution in [1.29, 1.82) is 0 Å². The Morgan fingerprint density at radius 3 is 2.58 bits per heavy atom. The van der Waals surface area contributed by atoms with E-state index >= 15 is 0 Å². The van der Waals surface area contributed by atoms with Gasteiger partial charge in [-0.3, -0.25) is 0 Å². The van der Waals surface area contributed by atoms with Crippen LogP contribution in [0.1, 0.15) is 39.0 Å². The Hall–Kier alpha value is -0.180. The molecule has 2 unspecified atom stereocenters. The van der Waals surface area contributed by atoms with Crippen molar-refractivity contribution in [2.75, 3.05) is 0 Å². The van der Waals surface area contributed by atoms with Gasteiger partial charge in [-0.25, -0.2) is 8.78 Å². The summed E-state index contributed by atoms with van der Waals surface area (Å²) in [6.07, 6.45) is 1.70. The molecule has 72 valence electrons. The van der Waals surface area contributed by atoms with Crippen LogP contribution >= 0.6 is 0 Å². The zero-order valence-electron chi connectivity index (χ0n) is 7.52. The van der Waals surface area contributed by atoms with E-state index < -0.39 is 12.0 Å². The third-order valence-electron chi connectivity index (χ3n) is 3.07. The lowest BCUT2D eigenvalue weighted by atomic mass is 9.72. The number of halogens is 2. The van der Waals surface area contributed by atoms with E-state index in [1.165, 1.54) is 0 Å². The quantitative estimate of drug-likeness (QED) is 0.689. The molecule has 1 nitrogen and oxygen atoms in total. The first kappa shape index (κ1) is 9.90. The zero-order valence-corrected chi connectivity index (χ0v) is 7.52. The molecule has 0 aromatic carbocycles. The molecule has 1 rings (SSSR count). The molecule has 0 aromatic heterocycles. The van der Waals surface area contributed by atoms with Gasteiger partial charge in [0.25, 0.3) is 6.43 Å². The van der Waals surface area contributed by atoms with Crippen molar-refractivity contribution >= 4 is 0 Å². The SMILES string of the molecule is CCC1CCCCC1(N)C(F)F. The molecule has 0 aliphatic heterocycles. The summed E-state index contributed by atoms with van der Waals surface area (Å²) in [5, 5.41) is 0. The number of hydrogen-bond acceptors (Lipinski definition) is 1. The summed E-state index contributed by atoms with van der Waals surface area (Å²) in [7, 11) is 0. The topological polar surface area (TPSA) is 26.0 Å². The summed E-state index contributed by atoms with van der Waals surface area (Å²) < 4.78 is 25.2. The van der Waals surface area contributed by atoms with Gasteiger partial charge in [-0.15, -0.1) is 0 Å². The van der Waals surface area contributed by atoms with Crippen LogP contribution in [0, 0.1) is 5.92 Å². The van der Waals surface area contributed by atoms with Crippen molar-refractivity contribution in [3.63, 3.8) is 0 Å². The number of hydrogen-bond donors (Lipinski definition) is 1. The van der Waals surface area contributed by atoms with E-state index in [2.05, 4.69) is 0 Å². The average molecular weight is 177 g/mol. The minimum atomic E-state index is -2.36. The first-order valence-corrected chi connectivity index (χ1v) is 4.68. The second-order valence-corrected chi connectivity index (χ2v) is 3.76. The van der Waals surface area contributed by atoms with Gasteiger partial charge in [0.2, 0.25) is 0 Å². The van der Waals surface area contributed by atoms with Crippen LogP contribution in [0.25, 0.3) is 0 Å². The van der Waals surface area contributed by atoms with Crippen molar-refractivity contribution in [3.8, 4) is 0 Å². The fourth-order valence-corrected chi connectivity index (χ4v) is 2.17. The van der Waals surface area contributed by atoms with Gasteiger partial charge in [-0.1, -0.05) is 26.2 Å². The second-order valence-electron chi connectivity index (χ2n) is 3.76. The number of alkyl halides is 2. The number of rotatable bonds is 2. The highest BCUT2D eigenvalue weighted by molar-refractivity contribution is 4.95. The van der Waals surface area contributed by atoms with Crippen LogP contribution in [0.15, 0.2) is 0 Å². The Bertz CT molecular complexity index is 149. The maximum absolute atomic E-state index is 12.6. The fourth-order valence-electron chi connectivity index (χ4n) is 2.17. The first-order valence-electron chi connectivity index (χ1n) is 4.68. The smallest absolute Gasteiger partial charge is 0.256 e. The van der Waals surface area contributed by atoms with Gasteiger partial charge in [-0.05, 0) is 18.8 Å². The Morgan fingerprint density at radius 1 is 1.50 bits per heavy atom. The summed E-state index contributed by atoms with van der Waals surface area (Å²) in [5.41, 5.74) is 4.52.